The van der Waals surface area contributed by atoms with E-state index in [1.165, 1.54) is 30.6 Å². The van der Waals surface area contributed by atoms with Gasteiger partial charge in [0.05, 0.1) is 6.10 Å². The van der Waals surface area contributed by atoms with Crippen LogP contribution in [0.25, 0.3) is 0 Å². The standard InChI is InChI=1S/C16H25BrOS/c1-3-5-6-13(4-2)11-15(18)12-19-16-9-7-14(17)8-10-16/h7-10,13,15,18H,3-6,11-12H2,1-2H3. The first-order chi connectivity index (χ1) is 9.15. The fourth-order valence-corrected chi connectivity index (χ4v) is 3.27. The lowest BCUT2D eigenvalue weighted by Gasteiger charge is -2.18. The highest BCUT2D eigenvalue weighted by Gasteiger charge is 2.13. The van der Waals surface area contributed by atoms with Gasteiger partial charge >= 0.3 is 0 Å². The van der Waals surface area contributed by atoms with E-state index in [-0.39, 0.29) is 6.10 Å². The predicted octanol–water partition coefficient (Wildman–Crippen LogP) is 5.51. The minimum Gasteiger partial charge on any atom is -0.392 e. The smallest absolute Gasteiger partial charge is 0.0636 e. The summed E-state index contributed by atoms with van der Waals surface area (Å²) in [6.45, 7) is 4.46. The molecule has 0 aliphatic heterocycles. The van der Waals surface area contributed by atoms with E-state index in [4.69, 9.17) is 0 Å². The minimum atomic E-state index is -0.185. The van der Waals surface area contributed by atoms with Crippen molar-refractivity contribution in [1.82, 2.24) is 0 Å². The molecule has 1 rings (SSSR count). The van der Waals surface area contributed by atoms with Crippen molar-refractivity contribution < 1.29 is 5.11 Å². The Morgan fingerprint density at radius 2 is 1.89 bits per heavy atom. The molecular formula is C16H25BrOS. The van der Waals surface area contributed by atoms with Crippen LogP contribution in [0.4, 0.5) is 0 Å². The van der Waals surface area contributed by atoms with Gasteiger partial charge in [-0.3, -0.25) is 0 Å². The van der Waals surface area contributed by atoms with Gasteiger partial charge in [-0.1, -0.05) is 55.5 Å². The number of rotatable bonds is 9. The van der Waals surface area contributed by atoms with Crippen molar-refractivity contribution >= 4 is 27.7 Å². The van der Waals surface area contributed by atoms with E-state index in [1.54, 1.807) is 11.8 Å². The number of unbranched alkanes of at least 4 members (excludes halogenated alkanes) is 1. The number of aliphatic hydroxyl groups is 1. The SMILES string of the molecule is CCCCC(CC)CC(O)CSc1ccc(Br)cc1. The van der Waals surface area contributed by atoms with Crippen LogP contribution in [0.5, 0.6) is 0 Å². The Morgan fingerprint density at radius 1 is 1.21 bits per heavy atom. The Balaban J connectivity index is 2.29. The van der Waals surface area contributed by atoms with Gasteiger partial charge in [-0.25, -0.2) is 0 Å². The Morgan fingerprint density at radius 3 is 2.47 bits per heavy atom. The van der Waals surface area contributed by atoms with Crippen LogP contribution in [0, 0.1) is 5.92 Å². The molecule has 0 fully saturated rings. The third kappa shape index (κ3) is 7.38. The summed E-state index contributed by atoms with van der Waals surface area (Å²) in [7, 11) is 0. The van der Waals surface area contributed by atoms with E-state index >= 15 is 0 Å². The van der Waals surface area contributed by atoms with Crippen LogP contribution < -0.4 is 0 Å². The molecule has 1 aromatic carbocycles. The molecule has 0 aromatic heterocycles. The van der Waals surface area contributed by atoms with Crippen molar-refractivity contribution in [2.45, 2.75) is 57.0 Å². The highest BCUT2D eigenvalue weighted by atomic mass is 79.9. The van der Waals surface area contributed by atoms with E-state index in [9.17, 15) is 5.11 Å². The summed E-state index contributed by atoms with van der Waals surface area (Å²) < 4.78 is 1.10. The molecule has 0 heterocycles. The zero-order chi connectivity index (χ0) is 14.1. The Kier molecular flexibility index (Phi) is 8.84. The second kappa shape index (κ2) is 9.84. The molecule has 2 unspecified atom stereocenters. The van der Waals surface area contributed by atoms with Gasteiger partial charge in [-0.15, -0.1) is 11.8 Å². The van der Waals surface area contributed by atoms with Crippen molar-refractivity contribution in [1.29, 1.82) is 0 Å². The largest absolute Gasteiger partial charge is 0.392 e. The molecule has 1 N–H and O–H groups in total. The summed E-state index contributed by atoms with van der Waals surface area (Å²) in [5, 5.41) is 10.1. The van der Waals surface area contributed by atoms with E-state index in [1.807, 2.05) is 12.1 Å². The van der Waals surface area contributed by atoms with E-state index in [2.05, 4.69) is 41.9 Å². The Hall–Kier alpha value is 0.01000. The third-order valence-electron chi connectivity index (χ3n) is 3.40. The number of hydrogen-bond acceptors (Lipinski definition) is 2. The van der Waals surface area contributed by atoms with E-state index in [0.717, 1.165) is 16.6 Å². The molecule has 0 aliphatic rings. The van der Waals surface area contributed by atoms with Crippen molar-refractivity contribution in [3.05, 3.63) is 28.7 Å². The highest BCUT2D eigenvalue weighted by Crippen LogP contribution is 2.24. The van der Waals surface area contributed by atoms with Crippen molar-refractivity contribution in [2.24, 2.45) is 5.92 Å². The van der Waals surface area contributed by atoms with Crippen LogP contribution in [0.1, 0.15) is 46.0 Å². The lowest BCUT2D eigenvalue weighted by molar-refractivity contribution is 0.159. The molecule has 0 saturated carbocycles. The molecule has 19 heavy (non-hydrogen) atoms. The molecule has 0 saturated heterocycles. The summed E-state index contributed by atoms with van der Waals surface area (Å²) in [5.74, 6) is 1.48. The first kappa shape index (κ1) is 17.1. The Labute approximate surface area is 130 Å². The second-order valence-electron chi connectivity index (χ2n) is 5.07. The normalized spacial score (nSPS) is 14.3. The van der Waals surface area contributed by atoms with Crippen LogP contribution in [-0.2, 0) is 0 Å². The zero-order valence-corrected chi connectivity index (χ0v) is 14.3. The maximum Gasteiger partial charge on any atom is 0.0636 e. The summed E-state index contributed by atoms with van der Waals surface area (Å²) in [6.07, 6.45) is 5.73. The van der Waals surface area contributed by atoms with Crippen LogP contribution in [0.15, 0.2) is 33.6 Å². The molecule has 1 nitrogen and oxygen atoms in total. The maximum absolute atomic E-state index is 10.1. The molecule has 0 aliphatic carbocycles. The van der Waals surface area contributed by atoms with Gasteiger partial charge in [0.2, 0.25) is 0 Å². The number of thioether (sulfide) groups is 1. The van der Waals surface area contributed by atoms with E-state index in [0.29, 0.717) is 5.92 Å². The molecular weight excluding hydrogens is 320 g/mol. The molecule has 108 valence electrons. The van der Waals surface area contributed by atoms with Crippen molar-refractivity contribution in [2.75, 3.05) is 5.75 Å². The van der Waals surface area contributed by atoms with E-state index < -0.39 is 0 Å². The molecule has 2 atom stereocenters. The molecule has 0 spiro atoms. The van der Waals surface area contributed by atoms with Gasteiger partial charge in [0.1, 0.15) is 0 Å². The summed E-state index contributed by atoms with van der Waals surface area (Å²) in [6, 6.07) is 8.28. The number of hydrogen-bond donors (Lipinski definition) is 1. The van der Waals surface area contributed by atoms with Gasteiger partial charge < -0.3 is 5.11 Å². The van der Waals surface area contributed by atoms with Crippen LogP contribution >= 0.6 is 27.7 Å². The van der Waals surface area contributed by atoms with Crippen molar-refractivity contribution in [3.63, 3.8) is 0 Å². The maximum atomic E-state index is 10.1. The van der Waals surface area contributed by atoms with Crippen LogP contribution in [0.2, 0.25) is 0 Å². The third-order valence-corrected chi connectivity index (χ3v) is 5.09. The van der Waals surface area contributed by atoms with Gasteiger partial charge in [-0.2, -0.15) is 0 Å². The topological polar surface area (TPSA) is 20.2 Å². The average molecular weight is 345 g/mol. The summed E-state index contributed by atoms with van der Waals surface area (Å²) in [4.78, 5) is 1.23. The molecule has 1 aromatic rings. The fourth-order valence-electron chi connectivity index (χ4n) is 2.16. The highest BCUT2D eigenvalue weighted by molar-refractivity contribution is 9.10. The average Bonchev–Trinajstić information content (AvgIpc) is 2.42. The fraction of sp³-hybridized carbons (Fsp3) is 0.625. The summed E-state index contributed by atoms with van der Waals surface area (Å²) >= 11 is 5.18. The number of benzene rings is 1. The Bertz CT molecular complexity index is 339. The van der Waals surface area contributed by atoms with Crippen LogP contribution in [0.3, 0.4) is 0 Å². The molecule has 0 radical (unpaired) electrons. The first-order valence-corrected chi connectivity index (χ1v) is 9.00. The lowest BCUT2D eigenvalue weighted by Crippen LogP contribution is -2.15. The van der Waals surface area contributed by atoms with Gasteiger partial charge in [0.25, 0.3) is 0 Å². The number of halogens is 1. The van der Waals surface area contributed by atoms with Gasteiger partial charge in [0.15, 0.2) is 0 Å². The lowest BCUT2D eigenvalue weighted by atomic mass is 9.94. The van der Waals surface area contributed by atoms with Crippen molar-refractivity contribution in [3.8, 4) is 0 Å². The molecule has 0 bridgehead atoms. The zero-order valence-electron chi connectivity index (χ0n) is 11.9. The predicted molar refractivity (Wildman–Crippen MR) is 88.8 cm³/mol. The first-order valence-electron chi connectivity index (χ1n) is 7.22. The molecule has 0 amide bonds. The minimum absolute atomic E-state index is 0.185. The van der Waals surface area contributed by atoms with Crippen LogP contribution in [-0.4, -0.2) is 17.0 Å². The second-order valence-corrected chi connectivity index (χ2v) is 7.08. The quantitative estimate of drug-likeness (QED) is 0.596. The molecule has 3 heteroatoms. The summed E-state index contributed by atoms with van der Waals surface area (Å²) in [5.41, 5.74) is 0. The number of aliphatic hydroxyl groups excluding tert-OH is 1. The van der Waals surface area contributed by atoms with Gasteiger partial charge in [-0.05, 0) is 36.6 Å². The monoisotopic (exact) mass is 344 g/mol. The van der Waals surface area contributed by atoms with Gasteiger partial charge in [0, 0.05) is 15.1 Å².